The van der Waals surface area contributed by atoms with E-state index in [0.29, 0.717) is 5.65 Å². The molecule has 0 radical (unpaired) electrons. The Bertz CT molecular complexity index is 805. The third-order valence-corrected chi connectivity index (χ3v) is 4.72. The molecule has 27 heavy (non-hydrogen) atoms. The number of carbonyl (C=O) groups is 1. The first-order valence-electron chi connectivity index (χ1n) is 9.46. The SMILES string of the molecule is CC.CC(C)(C)OC(=O)n1ccc2c(B3OC(C)(C)C(C)(C)O3)ccnc21. The maximum atomic E-state index is 12.4. The molecule has 1 fully saturated rings. The van der Waals surface area contributed by atoms with E-state index >= 15 is 0 Å². The topological polar surface area (TPSA) is 62.6 Å². The normalized spacial score (nSPS) is 18.2. The van der Waals surface area contributed by atoms with Crippen LogP contribution in [0.5, 0.6) is 0 Å². The maximum Gasteiger partial charge on any atom is 0.495 e. The van der Waals surface area contributed by atoms with E-state index in [9.17, 15) is 4.79 Å². The van der Waals surface area contributed by atoms with E-state index < -0.39 is 30.0 Å². The van der Waals surface area contributed by atoms with Crippen LogP contribution in [-0.2, 0) is 14.0 Å². The lowest BCUT2D eigenvalue weighted by Crippen LogP contribution is -2.41. The van der Waals surface area contributed by atoms with Gasteiger partial charge in [-0.2, -0.15) is 0 Å². The highest BCUT2D eigenvalue weighted by molar-refractivity contribution is 6.65. The van der Waals surface area contributed by atoms with Crippen molar-refractivity contribution in [2.75, 3.05) is 0 Å². The number of nitrogens with zero attached hydrogens (tertiary/aromatic N) is 2. The van der Waals surface area contributed by atoms with Gasteiger partial charge in [-0.25, -0.2) is 14.3 Å². The zero-order valence-corrected chi connectivity index (χ0v) is 17.9. The van der Waals surface area contributed by atoms with Crippen molar-refractivity contribution in [3.63, 3.8) is 0 Å². The average molecular weight is 374 g/mol. The van der Waals surface area contributed by atoms with Crippen LogP contribution in [0.4, 0.5) is 4.79 Å². The molecular weight excluding hydrogens is 343 g/mol. The van der Waals surface area contributed by atoms with Crippen molar-refractivity contribution < 1.29 is 18.8 Å². The van der Waals surface area contributed by atoms with E-state index in [1.165, 1.54) is 4.57 Å². The van der Waals surface area contributed by atoms with Gasteiger partial charge in [0.05, 0.1) is 11.2 Å². The molecule has 1 aliphatic heterocycles. The molecule has 1 aliphatic rings. The summed E-state index contributed by atoms with van der Waals surface area (Å²) in [6.07, 6.45) is 2.87. The number of pyridine rings is 1. The van der Waals surface area contributed by atoms with Gasteiger partial charge in [0.15, 0.2) is 0 Å². The van der Waals surface area contributed by atoms with Gasteiger partial charge < -0.3 is 14.0 Å². The molecule has 148 valence electrons. The Morgan fingerprint density at radius 3 is 2.19 bits per heavy atom. The Kier molecular flexibility index (Phi) is 5.78. The summed E-state index contributed by atoms with van der Waals surface area (Å²) in [5.74, 6) is 0. The van der Waals surface area contributed by atoms with Gasteiger partial charge in [0, 0.05) is 17.8 Å². The van der Waals surface area contributed by atoms with Crippen molar-refractivity contribution in [2.45, 2.75) is 79.1 Å². The summed E-state index contributed by atoms with van der Waals surface area (Å²) in [6, 6.07) is 3.70. The van der Waals surface area contributed by atoms with E-state index in [1.54, 1.807) is 12.4 Å². The molecule has 0 saturated carbocycles. The summed E-state index contributed by atoms with van der Waals surface area (Å²) >= 11 is 0. The van der Waals surface area contributed by atoms with Gasteiger partial charge in [-0.3, -0.25) is 0 Å². The van der Waals surface area contributed by atoms with Crippen molar-refractivity contribution in [3.05, 3.63) is 24.5 Å². The van der Waals surface area contributed by atoms with Gasteiger partial charge in [-0.15, -0.1) is 0 Å². The van der Waals surface area contributed by atoms with Crippen LogP contribution in [0.3, 0.4) is 0 Å². The summed E-state index contributed by atoms with van der Waals surface area (Å²) in [7, 11) is -0.509. The molecule has 0 amide bonds. The second-order valence-electron chi connectivity index (χ2n) is 8.39. The molecule has 0 aromatic carbocycles. The van der Waals surface area contributed by atoms with Gasteiger partial charge in [-0.1, -0.05) is 13.8 Å². The molecule has 0 atom stereocenters. The Labute approximate surface area is 162 Å². The van der Waals surface area contributed by atoms with E-state index in [-0.39, 0.29) is 0 Å². The van der Waals surface area contributed by atoms with Crippen molar-refractivity contribution in [3.8, 4) is 0 Å². The Hall–Kier alpha value is -1.86. The zero-order chi connectivity index (χ0) is 20.6. The number of ether oxygens (including phenoxy) is 1. The predicted octanol–water partition coefficient (Wildman–Crippen LogP) is 4.14. The maximum absolute atomic E-state index is 12.4. The quantitative estimate of drug-likeness (QED) is 0.702. The number of hydrogen-bond acceptors (Lipinski definition) is 5. The van der Waals surface area contributed by atoms with Crippen molar-refractivity contribution in [2.24, 2.45) is 0 Å². The van der Waals surface area contributed by atoms with Gasteiger partial charge >= 0.3 is 13.2 Å². The third-order valence-electron chi connectivity index (χ3n) is 4.72. The first-order chi connectivity index (χ1) is 12.4. The van der Waals surface area contributed by atoms with Crippen LogP contribution in [0.15, 0.2) is 24.5 Å². The first-order valence-corrected chi connectivity index (χ1v) is 9.46. The molecule has 0 unspecified atom stereocenters. The number of aromatic nitrogens is 2. The van der Waals surface area contributed by atoms with Crippen LogP contribution in [-0.4, -0.2) is 39.6 Å². The molecule has 3 rings (SSSR count). The van der Waals surface area contributed by atoms with E-state index in [4.69, 9.17) is 14.0 Å². The second kappa shape index (κ2) is 7.28. The highest BCUT2D eigenvalue weighted by Gasteiger charge is 2.52. The largest absolute Gasteiger partial charge is 0.495 e. The Morgan fingerprint density at radius 1 is 1.11 bits per heavy atom. The lowest BCUT2D eigenvalue weighted by molar-refractivity contribution is 0.00578. The smallest absolute Gasteiger partial charge is 0.443 e. The van der Waals surface area contributed by atoms with Crippen LogP contribution in [0.2, 0.25) is 0 Å². The van der Waals surface area contributed by atoms with E-state index in [0.717, 1.165) is 10.8 Å². The number of carbonyl (C=O) groups excluding carboxylic acids is 1. The number of hydrogen-bond donors (Lipinski definition) is 0. The van der Waals surface area contributed by atoms with Crippen LogP contribution in [0, 0.1) is 0 Å². The van der Waals surface area contributed by atoms with Gasteiger partial charge in [-0.05, 0) is 66.1 Å². The molecule has 1 saturated heterocycles. The Morgan fingerprint density at radius 2 is 1.67 bits per heavy atom. The lowest BCUT2D eigenvalue weighted by atomic mass is 9.78. The molecule has 7 heteroatoms. The molecular formula is C20H31BN2O4. The monoisotopic (exact) mass is 374 g/mol. The minimum atomic E-state index is -0.572. The Balaban J connectivity index is 0.00000126. The van der Waals surface area contributed by atoms with Crippen LogP contribution >= 0.6 is 0 Å². The summed E-state index contributed by atoms with van der Waals surface area (Å²) in [6.45, 7) is 17.5. The minimum absolute atomic E-state index is 0.430. The molecule has 6 nitrogen and oxygen atoms in total. The highest BCUT2D eigenvalue weighted by Crippen LogP contribution is 2.37. The minimum Gasteiger partial charge on any atom is -0.443 e. The molecule has 0 bridgehead atoms. The van der Waals surface area contributed by atoms with Crippen molar-refractivity contribution >= 4 is 29.7 Å². The summed E-state index contributed by atoms with van der Waals surface area (Å²) < 4.78 is 19.1. The molecule has 0 spiro atoms. The summed E-state index contributed by atoms with van der Waals surface area (Å²) in [5.41, 5.74) is -0.0497. The number of rotatable bonds is 1. The molecule has 0 N–H and O–H groups in total. The second-order valence-corrected chi connectivity index (χ2v) is 8.39. The van der Waals surface area contributed by atoms with Crippen LogP contribution in [0.25, 0.3) is 11.0 Å². The molecule has 2 aromatic rings. The van der Waals surface area contributed by atoms with Gasteiger partial charge in [0.1, 0.15) is 11.2 Å². The number of fused-ring (bicyclic) bond motifs is 1. The molecule has 3 heterocycles. The van der Waals surface area contributed by atoms with Crippen LogP contribution < -0.4 is 5.46 Å². The van der Waals surface area contributed by atoms with Gasteiger partial charge in [0.25, 0.3) is 0 Å². The van der Waals surface area contributed by atoms with Crippen molar-refractivity contribution in [1.82, 2.24) is 9.55 Å². The fourth-order valence-electron chi connectivity index (χ4n) is 2.69. The summed E-state index contributed by atoms with van der Waals surface area (Å²) in [5, 5.41) is 0.812. The first kappa shape index (κ1) is 21.4. The van der Waals surface area contributed by atoms with Crippen molar-refractivity contribution in [1.29, 1.82) is 0 Å². The summed E-state index contributed by atoms with van der Waals surface area (Å²) in [4.78, 5) is 16.8. The average Bonchev–Trinajstić information content (AvgIpc) is 3.06. The lowest BCUT2D eigenvalue weighted by Gasteiger charge is -2.32. The molecule has 0 aliphatic carbocycles. The predicted molar refractivity (Wildman–Crippen MR) is 108 cm³/mol. The molecule has 2 aromatic heterocycles. The van der Waals surface area contributed by atoms with Crippen LogP contribution in [0.1, 0.15) is 62.3 Å². The van der Waals surface area contributed by atoms with Gasteiger partial charge in [0.2, 0.25) is 0 Å². The standard InChI is InChI=1S/C18H25BN2O4.C2H6/c1-16(2,3)23-15(22)21-11-9-12-13(8-10-20-14(12)21)19-24-17(4,5)18(6,7)25-19;1-2/h8-11H,1-7H3;1-2H3. The fourth-order valence-corrected chi connectivity index (χ4v) is 2.69. The third kappa shape index (κ3) is 4.19. The van der Waals surface area contributed by atoms with E-state index in [2.05, 4.69) is 4.98 Å². The highest BCUT2D eigenvalue weighted by atomic mass is 16.7. The zero-order valence-electron chi connectivity index (χ0n) is 17.9. The fraction of sp³-hybridized carbons (Fsp3) is 0.600. The van der Waals surface area contributed by atoms with E-state index in [1.807, 2.05) is 74.4 Å².